The number of benzene rings is 1. The van der Waals surface area contributed by atoms with Crippen molar-refractivity contribution in [3.8, 4) is 18.1 Å². The summed E-state index contributed by atoms with van der Waals surface area (Å²) in [5.41, 5.74) is 6.88. The molecule has 3 N–H and O–H groups in total. The fraction of sp³-hybridized carbons (Fsp3) is 0.357. The van der Waals surface area contributed by atoms with Crippen LogP contribution in [0.15, 0.2) is 24.3 Å². The topological polar surface area (TPSA) is 64.3 Å². The third kappa shape index (κ3) is 4.11. The Hall–Kier alpha value is -1.99. The van der Waals surface area contributed by atoms with Gasteiger partial charge >= 0.3 is 0 Å². The molecule has 0 radical (unpaired) electrons. The molecule has 0 heterocycles. The van der Waals surface area contributed by atoms with Crippen LogP contribution >= 0.6 is 0 Å². The molecule has 1 unspecified atom stereocenters. The van der Waals surface area contributed by atoms with E-state index in [-0.39, 0.29) is 25.1 Å². The van der Waals surface area contributed by atoms with Crippen molar-refractivity contribution in [3.05, 3.63) is 29.8 Å². The van der Waals surface area contributed by atoms with Crippen molar-refractivity contribution in [2.45, 2.75) is 19.4 Å². The summed E-state index contributed by atoms with van der Waals surface area (Å²) in [6.45, 7) is 2.15. The zero-order valence-corrected chi connectivity index (χ0v) is 10.5. The molecule has 96 valence electrons. The minimum absolute atomic E-state index is 0.0604. The first-order chi connectivity index (χ1) is 8.69. The van der Waals surface area contributed by atoms with E-state index in [9.17, 15) is 4.79 Å². The summed E-state index contributed by atoms with van der Waals surface area (Å²) in [6.07, 6.45) is 5.85. The molecule has 0 aromatic heterocycles. The van der Waals surface area contributed by atoms with Crippen LogP contribution in [0.1, 0.15) is 24.9 Å². The Balaban J connectivity index is 2.62. The number of nitrogens with one attached hydrogen (secondary N) is 1. The molecule has 18 heavy (non-hydrogen) atoms. The Morgan fingerprint density at radius 3 is 2.94 bits per heavy atom. The number of hydrogen-bond donors (Lipinski definition) is 2. The summed E-state index contributed by atoms with van der Waals surface area (Å²) >= 11 is 0. The number of carbonyl (C=O) groups is 1. The second kappa shape index (κ2) is 7.36. The quantitative estimate of drug-likeness (QED) is 0.742. The lowest BCUT2D eigenvalue weighted by atomic mass is 10.0. The zero-order valence-electron chi connectivity index (χ0n) is 10.5. The molecule has 0 saturated carbocycles. The van der Waals surface area contributed by atoms with Gasteiger partial charge in [0.2, 0.25) is 0 Å². The van der Waals surface area contributed by atoms with Crippen LogP contribution in [-0.4, -0.2) is 19.1 Å². The Bertz CT molecular complexity index is 438. The van der Waals surface area contributed by atoms with Crippen LogP contribution in [0, 0.1) is 12.3 Å². The Labute approximate surface area is 108 Å². The van der Waals surface area contributed by atoms with Gasteiger partial charge in [0.05, 0.1) is 6.54 Å². The predicted octanol–water partition coefficient (Wildman–Crippen LogP) is 1.22. The number of carbonyl (C=O) groups excluding carboxylic acids is 1. The monoisotopic (exact) mass is 246 g/mol. The van der Waals surface area contributed by atoms with E-state index < -0.39 is 0 Å². The van der Waals surface area contributed by atoms with Gasteiger partial charge in [-0.05, 0) is 12.5 Å². The first kappa shape index (κ1) is 14.1. The molecule has 1 atom stereocenters. The number of hydrogen-bond acceptors (Lipinski definition) is 3. The van der Waals surface area contributed by atoms with Crippen molar-refractivity contribution in [1.82, 2.24) is 5.32 Å². The lowest BCUT2D eigenvalue weighted by molar-refractivity contribution is -0.122. The maximum Gasteiger partial charge on any atom is 0.258 e. The molecule has 0 fully saturated rings. The molecule has 4 heteroatoms. The van der Waals surface area contributed by atoms with E-state index in [0.717, 1.165) is 12.0 Å². The van der Waals surface area contributed by atoms with Crippen LogP contribution in [-0.2, 0) is 4.79 Å². The lowest BCUT2D eigenvalue weighted by Gasteiger charge is -2.15. The normalized spacial score (nSPS) is 11.4. The summed E-state index contributed by atoms with van der Waals surface area (Å²) in [6, 6.07) is 7.37. The minimum atomic E-state index is -0.243. The van der Waals surface area contributed by atoms with Crippen LogP contribution in [0.2, 0.25) is 0 Å². The van der Waals surface area contributed by atoms with Crippen molar-refractivity contribution in [1.29, 1.82) is 0 Å². The molecule has 0 saturated heterocycles. The van der Waals surface area contributed by atoms with Gasteiger partial charge in [0, 0.05) is 11.6 Å². The average molecular weight is 246 g/mol. The number of para-hydroxylation sites is 1. The highest BCUT2D eigenvalue weighted by Gasteiger charge is 2.10. The molecule has 1 amide bonds. The fourth-order valence-electron chi connectivity index (χ4n) is 1.48. The maximum atomic E-state index is 11.4. The molecule has 0 aliphatic carbocycles. The van der Waals surface area contributed by atoms with Crippen LogP contribution in [0.5, 0.6) is 5.75 Å². The van der Waals surface area contributed by atoms with Crippen LogP contribution < -0.4 is 15.8 Å². The molecule has 0 aliphatic rings. The van der Waals surface area contributed by atoms with Gasteiger partial charge in [-0.2, -0.15) is 0 Å². The minimum Gasteiger partial charge on any atom is -0.483 e. The van der Waals surface area contributed by atoms with Gasteiger partial charge in [-0.3, -0.25) is 4.79 Å². The van der Waals surface area contributed by atoms with E-state index in [0.29, 0.717) is 5.75 Å². The summed E-state index contributed by atoms with van der Waals surface area (Å²) in [5.74, 6) is 2.73. The van der Waals surface area contributed by atoms with Crippen molar-refractivity contribution in [3.63, 3.8) is 0 Å². The van der Waals surface area contributed by atoms with Crippen molar-refractivity contribution in [2.75, 3.05) is 13.2 Å². The lowest BCUT2D eigenvalue weighted by Crippen LogP contribution is -2.29. The van der Waals surface area contributed by atoms with Gasteiger partial charge in [-0.15, -0.1) is 6.42 Å². The fourth-order valence-corrected chi connectivity index (χ4v) is 1.48. The third-order valence-electron chi connectivity index (χ3n) is 2.50. The molecule has 1 aromatic rings. The largest absolute Gasteiger partial charge is 0.483 e. The second-order valence-corrected chi connectivity index (χ2v) is 3.82. The average Bonchev–Trinajstić information content (AvgIpc) is 2.42. The number of ether oxygens (including phenoxy) is 1. The zero-order chi connectivity index (χ0) is 13.4. The summed E-state index contributed by atoms with van der Waals surface area (Å²) in [4.78, 5) is 11.4. The van der Waals surface area contributed by atoms with Crippen molar-refractivity contribution < 1.29 is 9.53 Å². The van der Waals surface area contributed by atoms with Crippen molar-refractivity contribution >= 4 is 5.91 Å². The molecular formula is C14H18N2O2. The second-order valence-electron chi connectivity index (χ2n) is 3.82. The van der Waals surface area contributed by atoms with E-state index in [1.54, 1.807) is 6.07 Å². The Morgan fingerprint density at radius 1 is 1.56 bits per heavy atom. The molecule has 1 aromatic carbocycles. The summed E-state index contributed by atoms with van der Waals surface area (Å²) in [5, 5.41) is 2.53. The molecule has 0 bridgehead atoms. The van der Waals surface area contributed by atoms with E-state index in [1.165, 1.54) is 0 Å². The summed E-state index contributed by atoms with van der Waals surface area (Å²) in [7, 11) is 0. The van der Waals surface area contributed by atoms with Crippen LogP contribution in [0.25, 0.3) is 0 Å². The van der Waals surface area contributed by atoms with E-state index in [1.807, 2.05) is 25.1 Å². The number of nitrogens with two attached hydrogens (primary N) is 1. The number of rotatable bonds is 6. The van der Waals surface area contributed by atoms with Gasteiger partial charge in [-0.25, -0.2) is 0 Å². The Morgan fingerprint density at radius 2 is 2.28 bits per heavy atom. The molecule has 4 nitrogen and oxygen atoms in total. The molecule has 1 rings (SSSR count). The van der Waals surface area contributed by atoms with Gasteiger partial charge in [-0.1, -0.05) is 31.0 Å². The highest BCUT2D eigenvalue weighted by atomic mass is 16.5. The Kier molecular flexibility index (Phi) is 5.75. The molecule has 0 spiro atoms. The predicted molar refractivity (Wildman–Crippen MR) is 71.0 cm³/mol. The summed E-state index contributed by atoms with van der Waals surface area (Å²) < 4.78 is 5.46. The van der Waals surface area contributed by atoms with Gasteiger partial charge in [0.15, 0.2) is 6.61 Å². The van der Waals surface area contributed by atoms with Gasteiger partial charge in [0.25, 0.3) is 5.91 Å². The SMILES string of the molecule is C#CCNC(=O)COc1ccccc1C(N)CC. The van der Waals surface area contributed by atoms with E-state index in [4.69, 9.17) is 16.9 Å². The third-order valence-corrected chi connectivity index (χ3v) is 2.50. The smallest absolute Gasteiger partial charge is 0.258 e. The van der Waals surface area contributed by atoms with Crippen molar-refractivity contribution in [2.24, 2.45) is 5.73 Å². The van der Waals surface area contributed by atoms with Crippen LogP contribution in [0.4, 0.5) is 0 Å². The van der Waals surface area contributed by atoms with E-state index in [2.05, 4.69) is 11.2 Å². The first-order valence-electron chi connectivity index (χ1n) is 5.86. The van der Waals surface area contributed by atoms with Gasteiger partial charge < -0.3 is 15.8 Å². The number of amides is 1. The highest BCUT2D eigenvalue weighted by Crippen LogP contribution is 2.25. The highest BCUT2D eigenvalue weighted by molar-refractivity contribution is 5.77. The van der Waals surface area contributed by atoms with Gasteiger partial charge in [0.1, 0.15) is 5.75 Å². The molecule has 0 aliphatic heterocycles. The maximum absolute atomic E-state index is 11.4. The van der Waals surface area contributed by atoms with Crippen LogP contribution in [0.3, 0.4) is 0 Å². The first-order valence-corrected chi connectivity index (χ1v) is 5.86. The van der Waals surface area contributed by atoms with E-state index >= 15 is 0 Å². The standard InChI is InChI=1S/C14H18N2O2/c1-3-9-16-14(17)10-18-13-8-6-5-7-11(13)12(15)4-2/h1,5-8,12H,4,9-10,15H2,2H3,(H,16,17). The molecular weight excluding hydrogens is 228 g/mol. The number of terminal acetylenes is 1.